The van der Waals surface area contributed by atoms with E-state index in [9.17, 15) is 14.4 Å². The quantitative estimate of drug-likeness (QED) is 0.743. The number of aromatic carboxylic acids is 1. The summed E-state index contributed by atoms with van der Waals surface area (Å²) in [6.07, 6.45) is 0. The molecule has 0 saturated carbocycles. The third-order valence-electron chi connectivity index (χ3n) is 2.23. The first-order valence-electron chi connectivity index (χ1n) is 5.08. The molecule has 1 aromatic carbocycles. The number of halogens is 1. The van der Waals surface area contributed by atoms with E-state index in [1.54, 1.807) is 0 Å². The van der Waals surface area contributed by atoms with Gasteiger partial charge in [0.25, 0.3) is 0 Å². The van der Waals surface area contributed by atoms with Gasteiger partial charge < -0.3 is 15.2 Å². The predicted molar refractivity (Wildman–Crippen MR) is 71.4 cm³/mol. The molecule has 2 aromatic rings. The highest BCUT2D eigenvalue weighted by atomic mass is 35.5. The summed E-state index contributed by atoms with van der Waals surface area (Å²) in [6.45, 7) is -0.563. The number of thiazole rings is 1. The first-order valence-corrected chi connectivity index (χ1v) is 6.27. The van der Waals surface area contributed by atoms with Gasteiger partial charge in [-0.3, -0.25) is 9.59 Å². The highest BCUT2D eigenvalue weighted by Crippen LogP contribution is 2.36. The number of H-pyrrole nitrogens is 1. The Morgan fingerprint density at radius 3 is 2.70 bits per heavy atom. The number of hydrogen-bond acceptors (Lipinski definition) is 6. The molecule has 1 aromatic heterocycles. The van der Waals surface area contributed by atoms with Crippen LogP contribution in [-0.2, 0) is 4.79 Å². The Kier molecular flexibility index (Phi) is 3.81. The van der Waals surface area contributed by atoms with Crippen LogP contribution in [0.5, 0.6) is 0 Å². The van der Waals surface area contributed by atoms with E-state index < -0.39 is 23.4 Å². The molecule has 0 aliphatic rings. The van der Waals surface area contributed by atoms with E-state index in [4.69, 9.17) is 21.8 Å². The van der Waals surface area contributed by atoms with E-state index in [0.29, 0.717) is 11.3 Å². The third kappa shape index (κ3) is 2.68. The van der Waals surface area contributed by atoms with Crippen LogP contribution in [0.4, 0.5) is 5.69 Å². The van der Waals surface area contributed by atoms with E-state index in [-0.39, 0.29) is 26.5 Å². The van der Waals surface area contributed by atoms with Gasteiger partial charge in [0.1, 0.15) is 5.69 Å². The van der Waals surface area contributed by atoms with Crippen molar-refractivity contribution in [2.45, 2.75) is 0 Å². The summed E-state index contributed by atoms with van der Waals surface area (Å²) < 4.78 is 0.177. The van der Waals surface area contributed by atoms with Crippen molar-refractivity contribution in [1.82, 2.24) is 4.98 Å². The van der Waals surface area contributed by atoms with Crippen LogP contribution in [0.3, 0.4) is 0 Å². The Balaban J connectivity index is 2.66. The molecule has 0 amide bonds. The van der Waals surface area contributed by atoms with Crippen molar-refractivity contribution in [1.29, 1.82) is 0 Å². The molecule has 0 bridgehead atoms. The van der Waals surface area contributed by atoms with Gasteiger partial charge in [-0.15, -0.1) is 0 Å². The number of aliphatic carboxylic acids is 1. The van der Waals surface area contributed by atoms with Crippen LogP contribution in [0, 0.1) is 0 Å². The molecule has 104 valence electrons. The van der Waals surface area contributed by atoms with Crippen molar-refractivity contribution in [3.05, 3.63) is 26.3 Å². The second-order valence-electron chi connectivity index (χ2n) is 3.57. The lowest BCUT2D eigenvalue weighted by Crippen LogP contribution is -1.98. The van der Waals surface area contributed by atoms with E-state index >= 15 is 0 Å². The minimum absolute atomic E-state index is 0.0336. The van der Waals surface area contributed by atoms with E-state index in [0.717, 1.165) is 6.07 Å². The predicted octanol–water partition coefficient (Wildman–Crippen LogP) is 2.11. The van der Waals surface area contributed by atoms with Crippen LogP contribution in [0.25, 0.3) is 10.2 Å². The van der Waals surface area contributed by atoms with Gasteiger partial charge in [0.15, 0.2) is 6.54 Å². The fraction of sp³-hybridized carbons (Fsp3) is 0.100. The second kappa shape index (κ2) is 5.39. The molecule has 0 atom stereocenters. The maximum absolute atomic E-state index is 11.4. The second-order valence-corrected chi connectivity index (χ2v) is 4.96. The number of fused-ring (bicyclic) bond motifs is 1. The molecule has 0 unspecified atom stereocenters. The van der Waals surface area contributed by atoms with E-state index in [1.807, 2.05) is 0 Å². The minimum Gasteiger partial charge on any atom is -0.480 e. The number of aromatic nitrogens is 1. The van der Waals surface area contributed by atoms with Crippen molar-refractivity contribution in [3.63, 3.8) is 0 Å². The summed E-state index contributed by atoms with van der Waals surface area (Å²) in [4.78, 5) is 34.8. The molecule has 3 N–H and O–H groups in total. The van der Waals surface area contributed by atoms with Gasteiger partial charge in [-0.25, -0.2) is 4.79 Å². The summed E-state index contributed by atoms with van der Waals surface area (Å²) in [5.41, 5.74) is 0.0239. The molecule has 0 aliphatic carbocycles. The zero-order chi connectivity index (χ0) is 14.9. The molecule has 0 saturated heterocycles. The Labute approximate surface area is 119 Å². The van der Waals surface area contributed by atoms with E-state index in [2.05, 4.69) is 15.2 Å². The number of nitrogens with zero attached hydrogens (tertiary/aromatic N) is 2. The molecule has 8 nitrogen and oxygen atoms in total. The summed E-state index contributed by atoms with van der Waals surface area (Å²) in [5, 5.41) is 24.5. The van der Waals surface area contributed by atoms with Crippen LogP contribution < -0.4 is 4.87 Å². The monoisotopic (exact) mass is 315 g/mol. The average molecular weight is 316 g/mol. The number of aromatic amines is 1. The summed E-state index contributed by atoms with van der Waals surface area (Å²) in [5.74, 6) is -2.41. The number of benzene rings is 1. The average Bonchev–Trinajstić information content (AvgIpc) is 2.72. The Hall–Kier alpha value is -2.26. The highest BCUT2D eigenvalue weighted by Gasteiger charge is 2.18. The SMILES string of the molecule is O=C(O)CN=Nc1c(Cl)cc(C(=O)O)c2sc(=O)[nH]c12. The van der Waals surface area contributed by atoms with Crippen molar-refractivity contribution < 1.29 is 19.8 Å². The molecule has 20 heavy (non-hydrogen) atoms. The van der Waals surface area contributed by atoms with Gasteiger partial charge in [0.05, 0.1) is 20.8 Å². The smallest absolute Gasteiger partial charge is 0.337 e. The molecule has 0 aliphatic heterocycles. The van der Waals surface area contributed by atoms with Gasteiger partial charge in [0.2, 0.25) is 0 Å². The fourth-order valence-corrected chi connectivity index (χ4v) is 2.57. The number of carboxylic acids is 2. The van der Waals surface area contributed by atoms with Gasteiger partial charge in [-0.1, -0.05) is 22.9 Å². The molecule has 10 heteroatoms. The summed E-state index contributed by atoms with van der Waals surface area (Å²) in [6, 6.07) is 1.14. The normalized spacial score (nSPS) is 11.2. The summed E-state index contributed by atoms with van der Waals surface area (Å²) >= 11 is 6.60. The minimum atomic E-state index is -1.24. The molecule has 2 rings (SSSR count). The maximum Gasteiger partial charge on any atom is 0.337 e. The number of hydrogen-bond donors (Lipinski definition) is 3. The molecular weight excluding hydrogens is 310 g/mol. The number of azo groups is 1. The Morgan fingerprint density at radius 1 is 1.40 bits per heavy atom. The van der Waals surface area contributed by atoms with Gasteiger partial charge in [-0.05, 0) is 6.07 Å². The molecule has 0 radical (unpaired) electrons. The topological polar surface area (TPSA) is 132 Å². The fourth-order valence-electron chi connectivity index (χ4n) is 1.49. The van der Waals surface area contributed by atoms with Crippen molar-refractivity contribution in [2.75, 3.05) is 6.54 Å². The van der Waals surface area contributed by atoms with E-state index in [1.165, 1.54) is 0 Å². The number of nitrogens with one attached hydrogen (secondary N) is 1. The lowest BCUT2D eigenvalue weighted by atomic mass is 10.2. The van der Waals surface area contributed by atoms with Crippen LogP contribution in [0.1, 0.15) is 10.4 Å². The molecule has 0 fully saturated rings. The van der Waals surface area contributed by atoms with Gasteiger partial charge >= 0.3 is 16.8 Å². The van der Waals surface area contributed by atoms with Crippen LogP contribution >= 0.6 is 22.9 Å². The van der Waals surface area contributed by atoms with Crippen LogP contribution in [-0.4, -0.2) is 33.7 Å². The van der Waals surface area contributed by atoms with Crippen LogP contribution in [0.15, 0.2) is 21.1 Å². The van der Waals surface area contributed by atoms with Crippen molar-refractivity contribution in [3.8, 4) is 0 Å². The zero-order valence-corrected chi connectivity index (χ0v) is 11.2. The largest absolute Gasteiger partial charge is 0.480 e. The Morgan fingerprint density at radius 2 is 2.10 bits per heavy atom. The molecular formula is C10H6ClN3O5S. The first kappa shape index (κ1) is 14.2. The number of carbonyl (C=O) groups is 2. The molecule has 0 spiro atoms. The van der Waals surface area contributed by atoms with Crippen LogP contribution in [0.2, 0.25) is 5.02 Å². The van der Waals surface area contributed by atoms with Gasteiger partial charge in [0, 0.05) is 0 Å². The van der Waals surface area contributed by atoms with Crippen molar-refractivity contribution in [2.24, 2.45) is 10.2 Å². The standard InChI is InChI=1S/C10H6ClN3O5S/c11-4-1-3(9(17)18)8-7(13-10(19)20-8)6(4)14-12-2-5(15)16/h1H,2H2,(H,13,19)(H,15,16)(H,17,18). The number of rotatable bonds is 4. The first-order chi connectivity index (χ1) is 9.40. The molecule has 1 heterocycles. The third-order valence-corrected chi connectivity index (χ3v) is 3.44. The lowest BCUT2D eigenvalue weighted by Gasteiger charge is -2.02. The zero-order valence-electron chi connectivity index (χ0n) is 9.58. The Bertz CT molecular complexity index is 794. The lowest BCUT2D eigenvalue weighted by molar-refractivity contribution is -0.135. The van der Waals surface area contributed by atoms with Crippen molar-refractivity contribution >= 4 is 50.8 Å². The van der Waals surface area contributed by atoms with Gasteiger partial charge in [-0.2, -0.15) is 10.2 Å². The summed E-state index contributed by atoms with van der Waals surface area (Å²) in [7, 11) is 0. The maximum atomic E-state index is 11.4. The highest BCUT2D eigenvalue weighted by molar-refractivity contribution is 7.16. The number of carboxylic acid groups (broad SMARTS) is 2.